The predicted octanol–water partition coefficient (Wildman–Crippen LogP) is 3.48. The Morgan fingerprint density at radius 3 is 2.29 bits per heavy atom. The topological polar surface area (TPSA) is 60.9 Å². The van der Waals surface area contributed by atoms with Crippen molar-refractivity contribution in [3.63, 3.8) is 0 Å². The van der Waals surface area contributed by atoms with E-state index in [1.54, 1.807) is 4.90 Å². The molecule has 0 aromatic heterocycles. The molecule has 1 atom stereocenters. The van der Waals surface area contributed by atoms with Gasteiger partial charge < -0.3 is 14.7 Å². The zero-order valence-corrected chi connectivity index (χ0v) is 20.1. The molecule has 3 aliphatic rings. The molecule has 2 fully saturated rings. The summed E-state index contributed by atoms with van der Waals surface area (Å²) in [6.07, 6.45) is 2.57. The Labute approximate surface area is 201 Å². The van der Waals surface area contributed by atoms with Crippen molar-refractivity contribution >= 4 is 23.4 Å². The number of hydrogen-bond acceptors (Lipinski definition) is 3. The molecule has 0 unspecified atom stereocenters. The molecule has 6 nitrogen and oxygen atoms in total. The normalized spacial score (nSPS) is 21.1. The van der Waals surface area contributed by atoms with Crippen LogP contribution in [0.1, 0.15) is 41.5 Å². The van der Waals surface area contributed by atoms with Crippen molar-refractivity contribution < 1.29 is 14.4 Å². The van der Waals surface area contributed by atoms with Crippen LogP contribution in [0.2, 0.25) is 0 Å². The average molecular weight is 460 g/mol. The fraction of sp³-hybridized carbons (Fsp3) is 0.464. The number of anilines is 1. The number of amides is 3. The zero-order chi connectivity index (χ0) is 23.8. The maximum absolute atomic E-state index is 13.2. The first-order chi connectivity index (χ1) is 16.4. The minimum atomic E-state index is -0.307. The zero-order valence-electron chi connectivity index (χ0n) is 20.1. The molecule has 2 aromatic rings. The monoisotopic (exact) mass is 459 g/mol. The highest BCUT2D eigenvalue weighted by molar-refractivity contribution is 6.01. The van der Waals surface area contributed by atoms with Crippen LogP contribution in [0.3, 0.4) is 0 Å². The summed E-state index contributed by atoms with van der Waals surface area (Å²) in [4.78, 5) is 44.8. The van der Waals surface area contributed by atoms with Gasteiger partial charge in [-0.15, -0.1) is 0 Å². The Balaban J connectivity index is 1.17. The van der Waals surface area contributed by atoms with Gasteiger partial charge in [-0.25, -0.2) is 0 Å². The minimum absolute atomic E-state index is 0.0162. The third-order valence-corrected chi connectivity index (χ3v) is 7.94. The summed E-state index contributed by atoms with van der Waals surface area (Å²) in [6.45, 7) is 7.14. The van der Waals surface area contributed by atoms with Crippen molar-refractivity contribution in [3.05, 3.63) is 64.7 Å². The third kappa shape index (κ3) is 4.22. The molecule has 0 bridgehead atoms. The largest absolute Gasteiger partial charge is 0.342 e. The quantitative estimate of drug-likeness (QED) is 0.706. The predicted molar refractivity (Wildman–Crippen MR) is 131 cm³/mol. The van der Waals surface area contributed by atoms with E-state index in [0.717, 1.165) is 29.8 Å². The van der Waals surface area contributed by atoms with E-state index in [9.17, 15) is 14.4 Å². The second kappa shape index (κ2) is 9.24. The molecule has 0 N–H and O–H groups in total. The second-order valence-electron chi connectivity index (χ2n) is 10.0. The summed E-state index contributed by atoms with van der Waals surface area (Å²) in [5.41, 5.74) is 5.72. The molecule has 0 saturated carbocycles. The van der Waals surface area contributed by atoms with E-state index >= 15 is 0 Å². The van der Waals surface area contributed by atoms with E-state index in [4.69, 9.17) is 0 Å². The summed E-state index contributed by atoms with van der Waals surface area (Å²) in [7, 11) is 0. The SMILES string of the molecule is Cc1cccc(N2C[C@@H](C(=O)N3CCC(C(=O)N4CCc5ccccc5C4)CC3)CC2=O)c1C. The van der Waals surface area contributed by atoms with Crippen LogP contribution in [0.15, 0.2) is 42.5 Å². The number of likely N-dealkylation sites (tertiary alicyclic amines) is 1. The van der Waals surface area contributed by atoms with Crippen LogP contribution in [0, 0.1) is 25.7 Å². The minimum Gasteiger partial charge on any atom is -0.342 e. The lowest BCUT2D eigenvalue weighted by molar-refractivity contribution is -0.143. The lowest BCUT2D eigenvalue weighted by Gasteiger charge is -2.36. The summed E-state index contributed by atoms with van der Waals surface area (Å²) in [6, 6.07) is 14.3. The Bertz CT molecular complexity index is 1120. The molecule has 5 rings (SSSR count). The number of hydrogen-bond donors (Lipinski definition) is 0. The summed E-state index contributed by atoms with van der Waals surface area (Å²) in [5.74, 6) is -0.0376. The van der Waals surface area contributed by atoms with Gasteiger partial charge in [0.05, 0.1) is 5.92 Å². The van der Waals surface area contributed by atoms with Crippen molar-refractivity contribution in [1.82, 2.24) is 9.80 Å². The Morgan fingerprint density at radius 1 is 0.824 bits per heavy atom. The van der Waals surface area contributed by atoms with Gasteiger partial charge in [0.25, 0.3) is 0 Å². The Hall–Kier alpha value is -3.15. The van der Waals surface area contributed by atoms with Crippen LogP contribution < -0.4 is 4.90 Å². The van der Waals surface area contributed by atoms with Crippen LogP contribution in [0.5, 0.6) is 0 Å². The van der Waals surface area contributed by atoms with Crippen LogP contribution >= 0.6 is 0 Å². The molecule has 3 amide bonds. The number of piperidine rings is 1. The summed E-state index contributed by atoms with van der Waals surface area (Å²) in [5, 5.41) is 0. The van der Waals surface area contributed by atoms with Gasteiger partial charge in [0.2, 0.25) is 17.7 Å². The number of nitrogens with zero attached hydrogens (tertiary/aromatic N) is 3. The lowest BCUT2D eigenvalue weighted by Crippen LogP contribution is -2.47. The molecule has 3 heterocycles. The van der Waals surface area contributed by atoms with Gasteiger partial charge in [0.1, 0.15) is 0 Å². The van der Waals surface area contributed by atoms with Crippen molar-refractivity contribution in [1.29, 1.82) is 0 Å². The molecule has 2 saturated heterocycles. The standard InChI is InChI=1S/C28H33N3O3/c1-19-6-5-9-25(20(19)2)31-18-24(16-26(31)32)28(34)29-13-11-22(12-14-29)27(33)30-15-10-21-7-3-4-8-23(21)17-30/h3-9,22,24H,10-18H2,1-2H3/t24-/m0/s1. The Morgan fingerprint density at radius 2 is 1.53 bits per heavy atom. The maximum Gasteiger partial charge on any atom is 0.228 e. The van der Waals surface area contributed by atoms with Crippen LogP contribution in [-0.2, 0) is 27.3 Å². The van der Waals surface area contributed by atoms with Crippen molar-refractivity contribution in [2.45, 2.75) is 46.1 Å². The molecule has 2 aromatic carbocycles. The molecule has 0 radical (unpaired) electrons. The number of carbonyl (C=O) groups is 3. The van der Waals surface area contributed by atoms with E-state index < -0.39 is 0 Å². The van der Waals surface area contributed by atoms with Gasteiger partial charge in [-0.3, -0.25) is 14.4 Å². The summed E-state index contributed by atoms with van der Waals surface area (Å²) >= 11 is 0. The number of benzene rings is 2. The van der Waals surface area contributed by atoms with Gasteiger partial charge >= 0.3 is 0 Å². The first-order valence-electron chi connectivity index (χ1n) is 12.4. The smallest absolute Gasteiger partial charge is 0.228 e. The van der Waals surface area contributed by atoms with Crippen LogP contribution in [0.25, 0.3) is 0 Å². The molecule has 178 valence electrons. The second-order valence-corrected chi connectivity index (χ2v) is 10.0. The van der Waals surface area contributed by atoms with Gasteiger partial charge in [-0.1, -0.05) is 36.4 Å². The molecular weight excluding hydrogens is 426 g/mol. The highest BCUT2D eigenvalue weighted by Gasteiger charge is 2.39. The maximum atomic E-state index is 13.2. The van der Waals surface area contributed by atoms with Crippen LogP contribution in [-0.4, -0.2) is 53.7 Å². The van der Waals surface area contributed by atoms with E-state index in [-0.39, 0.29) is 36.0 Å². The molecule has 0 aliphatic carbocycles. The van der Waals surface area contributed by atoms with E-state index in [2.05, 4.69) is 18.2 Å². The third-order valence-electron chi connectivity index (χ3n) is 7.94. The molecule has 34 heavy (non-hydrogen) atoms. The summed E-state index contributed by atoms with van der Waals surface area (Å²) < 4.78 is 0. The number of aryl methyl sites for hydroxylation is 1. The van der Waals surface area contributed by atoms with Gasteiger partial charge in [-0.2, -0.15) is 0 Å². The number of carbonyl (C=O) groups excluding carboxylic acids is 3. The molecule has 3 aliphatic heterocycles. The highest BCUT2D eigenvalue weighted by Crippen LogP contribution is 2.31. The number of rotatable bonds is 3. The fourth-order valence-corrected chi connectivity index (χ4v) is 5.68. The molecule has 6 heteroatoms. The molecular formula is C28H33N3O3. The highest BCUT2D eigenvalue weighted by atomic mass is 16.2. The van der Waals surface area contributed by atoms with Crippen molar-refractivity contribution in [2.24, 2.45) is 11.8 Å². The van der Waals surface area contributed by atoms with E-state index in [1.165, 1.54) is 11.1 Å². The van der Waals surface area contributed by atoms with Crippen molar-refractivity contribution in [3.8, 4) is 0 Å². The van der Waals surface area contributed by atoms with E-state index in [1.807, 2.05) is 47.9 Å². The van der Waals surface area contributed by atoms with E-state index in [0.29, 0.717) is 39.0 Å². The first-order valence-corrected chi connectivity index (χ1v) is 12.4. The van der Waals surface area contributed by atoms with Gasteiger partial charge in [0.15, 0.2) is 0 Å². The van der Waals surface area contributed by atoms with Crippen LogP contribution in [0.4, 0.5) is 5.69 Å². The van der Waals surface area contributed by atoms with Crippen molar-refractivity contribution in [2.75, 3.05) is 31.1 Å². The first kappa shape index (κ1) is 22.6. The van der Waals surface area contributed by atoms with Gasteiger partial charge in [0, 0.05) is 50.7 Å². The molecule has 0 spiro atoms. The fourth-order valence-electron chi connectivity index (χ4n) is 5.68. The Kier molecular flexibility index (Phi) is 6.15. The lowest BCUT2D eigenvalue weighted by atomic mass is 9.92. The number of fused-ring (bicyclic) bond motifs is 1. The van der Waals surface area contributed by atoms with Gasteiger partial charge in [-0.05, 0) is 61.4 Å². The average Bonchev–Trinajstić information content (AvgIpc) is 3.25.